The zero-order valence-corrected chi connectivity index (χ0v) is 17.4. The van der Waals surface area contributed by atoms with Crippen molar-refractivity contribution in [1.82, 2.24) is 24.7 Å². The van der Waals surface area contributed by atoms with E-state index in [1.807, 2.05) is 36.0 Å². The van der Waals surface area contributed by atoms with Crippen LogP contribution in [0.25, 0.3) is 16.8 Å². The Morgan fingerprint density at radius 3 is 2.76 bits per heavy atom. The molecule has 2 heterocycles. The molecule has 0 atom stereocenters. The lowest BCUT2D eigenvalue weighted by atomic mass is 10.1. The smallest absolute Gasteiger partial charge is 0.293 e. The van der Waals surface area contributed by atoms with Crippen LogP contribution in [0, 0.1) is 0 Å². The summed E-state index contributed by atoms with van der Waals surface area (Å²) in [4.78, 5) is 24.8. The molecule has 2 aromatic heterocycles. The highest BCUT2D eigenvalue weighted by Crippen LogP contribution is 2.21. The number of ether oxygens (including phenoxy) is 1. The van der Waals surface area contributed by atoms with Crippen molar-refractivity contribution in [2.45, 2.75) is 26.3 Å². The van der Waals surface area contributed by atoms with Crippen molar-refractivity contribution < 1.29 is 9.53 Å². The first-order valence-electron chi connectivity index (χ1n) is 9.56. The topological polar surface area (TPSA) is 90.5 Å². The Morgan fingerprint density at radius 1 is 1.24 bits per heavy atom. The van der Waals surface area contributed by atoms with Gasteiger partial charge >= 0.3 is 0 Å². The van der Waals surface area contributed by atoms with Crippen LogP contribution in [0.2, 0.25) is 0 Å². The Labute approximate surface area is 173 Å². The summed E-state index contributed by atoms with van der Waals surface area (Å²) in [6.45, 7) is 2.64. The average Bonchev–Trinajstić information content (AvgIpc) is 3.18. The largest absolute Gasteiger partial charge is 0.497 e. The van der Waals surface area contributed by atoms with E-state index in [0.717, 1.165) is 40.3 Å². The summed E-state index contributed by atoms with van der Waals surface area (Å²) in [6, 6.07) is 9.12. The maximum atomic E-state index is 12.7. The fraction of sp³-hybridized carbons (Fsp3) is 0.400. The van der Waals surface area contributed by atoms with Gasteiger partial charge in [0.25, 0.3) is 5.56 Å². The normalized spacial score (nSPS) is 11.0. The Hall–Kier alpha value is -2.81. The van der Waals surface area contributed by atoms with E-state index in [1.54, 1.807) is 13.2 Å². The molecule has 0 aliphatic rings. The van der Waals surface area contributed by atoms with Crippen molar-refractivity contribution >= 4 is 23.2 Å². The number of hydrogen-bond acceptors (Lipinski definition) is 6. The molecule has 29 heavy (non-hydrogen) atoms. The van der Waals surface area contributed by atoms with Gasteiger partial charge in [-0.05, 0) is 54.7 Å². The van der Waals surface area contributed by atoms with Gasteiger partial charge in [-0.2, -0.15) is 22.0 Å². The van der Waals surface area contributed by atoms with Crippen molar-refractivity contribution in [3.63, 3.8) is 0 Å². The fourth-order valence-electron chi connectivity index (χ4n) is 2.79. The van der Waals surface area contributed by atoms with Crippen molar-refractivity contribution in [1.29, 1.82) is 0 Å². The zero-order chi connectivity index (χ0) is 20.6. The van der Waals surface area contributed by atoms with Crippen molar-refractivity contribution in [3.05, 3.63) is 47.0 Å². The van der Waals surface area contributed by atoms with Gasteiger partial charge in [-0.1, -0.05) is 6.92 Å². The van der Waals surface area contributed by atoms with Crippen LogP contribution in [0.4, 0.5) is 0 Å². The zero-order valence-electron chi connectivity index (χ0n) is 16.6. The van der Waals surface area contributed by atoms with Gasteiger partial charge in [-0.25, -0.2) is 9.20 Å². The van der Waals surface area contributed by atoms with E-state index in [4.69, 9.17) is 4.74 Å². The number of rotatable bonds is 10. The number of aromatic nitrogens is 4. The fourth-order valence-corrected chi connectivity index (χ4v) is 3.64. The number of amides is 1. The highest BCUT2D eigenvalue weighted by molar-refractivity contribution is 7.99. The first kappa shape index (κ1) is 20.9. The Kier molecular flexibility index (Phi) is 7.29. The van der Waals surface area contributed by atoms with E-state index in [2.05, 4.69) is 22.4 Å². The second kappa shape index (κ2) is 10.1. The summed E-state index contributed by atoms with van der Waals surface area (Å²) < 4.78 is 7.75. The van der Waals surface area contributed by atoms with Crippen LogP contribution >= 0.6 is 11.8 Å². The number of methoxy groups -OCH3 is 1. The van der Waals surface area contributed by atoms with E-state index in [0.29, 0.717) is 17.8 Å². The number of nitrogens with zero attached hydrogens (tertiary/aromatic N) is 4. The molecular formula is C20H25N5O3S. The van der Waals surface area contributed by atoms with Crippen LogP contribution in [0.3, 0.4) is 0 Å². The lowest BCUT2D eigenvalue weighted by Gasteiger charge is -2.06. The number of benzene rings is 1. The third kappa shape index (κ3) is 5.38. The van der Waals surface area contributed by atoms with Gasteiger partial charge in [0.15, 0.2) is 0 Å². The Bertz CT molecular complexity index is 1010. The average molecular weight is 416 g/mol. The van der Waals surface area contributed by atoms with Crippen LogP contribution in [0.15, 0.2) is 41.5 Å². The molecule has 0 radical (unpaired) electrons. The summed E-state index contributed by atoms with van der Waals surface area (Å²) in [6.07, 6.45) is 3.51. The van der Waals surface area contributed by atoms with E-state index in [-0.39, 0.29) is 18.0 Å². The maximum Gasteiger partial charge on any atom is 0.293 e. The number of carbonyl (C=O) groups excluding carboxylic acids is 1. The predicted octanol–water partition coefficient (Wildman–Crippen LogP) is 2.22. The summed E-state index contributed by atoms with van der Waals surface area (Å²) in [5, 5.41) is 11.3. The highest BCUT2D eigenvalue weighted by Gasteiger charge is 2.12. The third-order valence-electron chi connectivity index (χ3n) is 4.30. The Morgan fingerprint density at radius 2 is 2.03 bits per heavy atom. The number of thioether (sulfide) groups is 1. The van der Waals surface area contributed by atoms with Crippen LogP contribution in [-0.2, 0) is 11.3 Å². The van der Waals surface area contributed by atoms with Gasteiger partial charge in [0, 0.05) is 12.1 Å². The summed E-state index contributed by atoms with van der Waals surface area (Å²) in [5.74, 6) is 2.68. The number of fused-ring (bicyclic) bond motifs is 1. The van der Waals surface area contributed by atoms with Gasteiger partial charge in [0.05, 0.1) is 12.8 Å². The van der Waals surface area contributed by atoms with E-state index in [1.165, 1.54) is 10.8 Å². The van der Waals surface area contributed by atoms with Crippen molar-refractivity contribution in [2.75, 3.05) is 25.2 Å². The molecule has 3 rings (SSSR count). The molecule has 0 saturated heterocycles. The lowest BCUT2D eigenvalue weighted by Crippen LogP contribution is -2.34. The molecular weight excluding hydrogens is 390 g/mol. The monoisotopic (exact) mass is 415 g/mol. The molecule has 1 N–H and O–H groups in total. The van der Waals surface area contributed by atoms with Crippen LogP contribution in [0.1, 0.15) is 19.8 Å². The molecule has 0 aliphatic carbocycles. The standard InChI is InChI=1S/C20H25N5O3S/c1-3-10-29-11-4-9-21-19(26)13-24-20(27)18-12-17(23-25(18)14-22-24)15-5-7-16(28-2)8-6-15/h5-8,12,14H,3-4,9-11,13H2,1-2H3,(H,21,26). The second-order valence-corrected chi connectivity index (χ2v) is 7.72. The molecule has 1 aromatic carbocycles. The van der Waals surface area contributed by atoms with E-state index in [9.17, 15) is 9.59 Å². The summed E-state index contributed by atoms with van der Waals surface area (Å²) in [5.41, 5.74) is 1.53. The number of carbonyl (C=O) groups is 1. The van der Waals surface area contributed by atoms with Gasteiger partial charge in [-0.3, -0.25) is 9.59 Å². The minimum absolute atomic E-state index is 0.111. The van der Waals surface area contributed by atoms with Crippen LogP contribution in [-0.4, -0.2) is 50.5 Å². The molecule has 0 saturated carbocycles. The quantitative estimate of drug-likeness (QED) is 0.511. The number of nitrogens with one attached hydrogen (secondary N) is 1. The van der Waals surface area contributed by atoms with Crippen molar-refractivity contribution in [2.24, 2.45) is 0 Å². The van der Waals surface area contributed by atoms with Gasteiger partial charge < -0.3 is 10.1 Å². The third-order valence-corrected chi connectivity index (χ3v) is 5.58. The molecule has 0 aliphatic heterocycles. The van der Waals surface area contributed by atoms with Gasteiger partial charge in [0.1, 0.15) is 24.1 Å². The minimum Gasteiger partial charge on any atom is -0.497 e. The number of hydrogen-bond donors (Lipinski definition) is 1. The molecule has 1 amide bonds. The predicted molar refractivity (Wildman–Crippen MR) is 114 cm³/mol. The minimum atomic E-state index is -0.353. The molecule has 0 fully saturated rings. The molecule has 0 spiro atoms. The van der Waals surface area contributed by atoms with Gasteiger partial charge in [-0.15, -0.1) is 0 Å². The Balaban J connectivity index is 1.66. The summed E-state index contributed by atoms with van der Waals surface area (Å²) in [7, 11) is 1.61. The molecule has 9 heteroatoms. The maximum absolute atomic E-state index is 12.7. The first-order valence-corrected chi connectivity index (χ1v) is 10.7. The summed E-state index contributed by atoms with van der Waals surface area (Å²) >= 11 is 1.88. The molecule has 154 valence electrons. The van der Waals surface area contributed by atoms with Crippen LogP contribution < -0.4 is 15.6 Å². The molecule has 0 unspecified atom stereocenters. The van der Waals surface area contributed by atoms with E-state index < -0.39 is 0 Å². The molecule has 3 aromatic rings. The van der Waals surface area contributed by atoms with Crippen molar-refractivity contribution in [3.8, 4) is 17.0 Å². The first-order chi connectivity index (χ1) is 14.1. The van der Waals surface area contributed by atoms with E-state index >= 15 is 0 Å². The van der Waals surface area contributed by atoms with Gasteiger partial charge in [0.2, 0.25) is 5.91 Å². The molecule has 0 bridgehead atoms. The lowest BCUT2D eigenvalue weighted by molar-refractivity contribution is -0.121. The highest BCUT2D eigenvalue weighted by atomic mass is 32.2. The second-order valence-electron chi connectivity index (χ2n) is 6.50. The SMILES string of the molecule is CCCSCCCNC(=O)Cn1ncn2nc(-c3ccc(OC)cc3)cc2c1=O. The molecule has 8 nitrogen and oxygen atoms in total. The van der Waals surface area contributed by atoms with Crippen LogP contribution in [0.5, 0.6) is 5.75 Å².